The molecule has 1 saturated heterocycles. The zero-order valence-electron chi connectivity index (χ0n) is 14.0. The highest BCUT2D eigenvalue weighted by Gasteiger charge is 2.18. The van der Waals surface area contributed by atoms with Gasteiger partial charge in [0.15, 0.2) is 6.10 Å². The molecule has 1 aliphatic rings. The van der Waals surface area contributed by atoms with Crippen molar-refractivity contribution in [1.29, 1.82) is 0 Å². The summed E-state index contributed by atoms with van der Waals surface area (Å²) in [4.78, 5) is 22.9. The SMILES string of the molecule is Cc1cccc(O[C@@H](C)C(=O)Nc2cc(N3CCCC3)ncn2)c1. The van der Waals surface area contributed by atoms with E-state index in [1.165, 1.54) is 19.2 Å². The zero-order chi connectivity index (χ0) is 16.9. The summed E-state index contributed by atoms with van der Waals surface area (Å²) in [6, 6.07) is 9.44. The van der Waals surface area contributed by atoms with E-state index in [1.807, 2.05) is 37.3 Å². The standard InChI is InChI=1S/C18H22N4O2/c1-13-6-5-7-15(10-13)24-14(2)18(23)21-16-11-17(20-12-19-16)22-8-3-4-9-22/h5-7,10-12,14H,3-4,8-9H2,1-2H3,(H,19,20,21,23)/t14-/m0/s1. The first-order chi connectivity index (χ1) is 11.6. The minimum atomic E-state index is -0.614. The lowest BCUT2D eigenvalue weighted by Crippen LogP contribution is -2.30. The van der Waals surface area contributed by atoms with Gasteiger partial charge in [-0.25, -0.2) is 9.97 Å². The van der Waals surface area contributed by atoms with Crippen LogP contribution >= 0.6 is 0 Å². The van der Waals surface area contributed by atoms with Crippen LogP contribution in [0.5, 0.6) is 5.75 Å². The third-order valence-electron chi connectivity index (χ3n) is 4.01. The second-order valence-corrected chi connectivity index (χ2v) is 6.02. The molecule has 6 nitrogen and oxygen atoms in total. The lowest BCUT2D eigenvalue weighted by molar-refractivity contribution is -0.122. The van der Waals surface area contributed by atoms with Crippen molar-refractivity contribution in [3.05, 3.63) is 42.2 Å². The Morgan fingerprint density at radius 3 is 2.79 bits per heavy atom. The summed E-state index contributed by atoms with van der Waals surface area (Å²) < 4.78 is 5.69. The molecule has 0 spiro atoms. The highest BCUT2D eigenvalue weighted by atomic mass is 16.5. The number of nitrogens with zero attached hydrogens (tertiary/aromatic N) is 3. The average molecular weight is 326 g/mol. The van der Waals surface area contributed by atoms with Gasteiger partial charge in [-0.1, -0.05) is 12.1 Å². The quantitative estimate of drug-likeness (QED) is 0.915. The number of hydrogen-bond donors (Lipinski definition) is 1. The van der Waals surface area contributed by atoms with Crippen molar-refractivity contribution < 1.29 is 9.53 Å². The molecule has 3 rings (SSSR count). The fraction of sp³-hybridized carbons (Fsp3) is 0.389. The fourth-order valence-electron chi connectivity index (χ4n) is 2.71. The van der Waals surface area contributed by atoms with Gasteiger partial charge in [-0.3, -0.25) is 4.79 Å². The van der Waals surface area contributed by atoms with E-state index in [9.17, 15) is 4.79 Å². The number of benzene rings is 1. The Hall–Kier alpha value is -2.63. The number of nitrogens with one attached hydrogen (secondary N) is 1. The van der Waals surface area contributed by atoms with Crippen molar-refractivity contribution in [3.8, 4) is 5.75 Å². The molecule has 6 heteroatoms. The van der Waals surface area contributed by atoms with Crippen LogP contribution in [0.1, 0.15) is 25.3 Å². The first kappa shape index (κ1) is 16.2. The Kier molecular flexibility index (Phi) is 4.93. The molecule has 0 saturated carbocycles. The number of carbonyl (C=O) groups excluding carboxylic acids is 1. The lowest BCUT2D eigenvalue weighted by atomic mass is 10.2. The number of aromatic nitrogens is 2. The van der Waals surface area contributed by atoms with Gasteiger partial charge in [0.2, 0.25) is 0 Å². The fourth-order valence-corrected chi connectivity index (χ4v) is 2.71. The minimum absolute atomic E-state index is 0.234. The number of amides is 1. The molecule has 2 aromatic rings. The number of anilines is 2. The summed E-state index contributed by atoms with van der Waals surface area (Å²) in [5, 5.41) is 2.80. The Balaban J connectivity index is 1.62. The maximum atomic E-state index is 12.3. The van der Waals surface area contributed by atoms with E-state index in [-0.39, 0.29) is 5.91 Å². The molecular weight excluding hydrogens is 304 g/mol. The number of ether oxygens (including phenoxy) is 1. The van der Waals surface area contributed by atoms with E-state index >= 15 is 0 Å². The summed E-state index contributed by atoms with van der Waals surface area (Å²) in [5.74, 6) is 1.79. The second-order valence-electron chi connectivity index (χ2n) is 6.02. The number of carbonyl (C=O) groups is 1. The molecule has 24 heavy (non-hydrogen) atoms. The van der Waals surface area contributed by atoms with Crippen LogP contribution in [0.3, 0.4) is 0 Å². The maximum absolute atomic E-state index is 12.3. The van der Waals surface area contributed by atoms with Gasteiger partial charge in [0.1, 0.15) is 23.7 Å². The van der Waals surface area contributed by atoms with Gasteiger partial charge in [-0.2, -0.15) is 0 Å². The molecule has 0 aliphatic carbocycles. The number of hydrogen-bond acceptors (Lipinski definition) is 5. The largest absolute Gasteiger partial charge is 0.481 e. The molecule has 1 aliphatic heterocycles. The normalized spacial score (nSPS) is 15.2. The summed E-state index contributed by atoms with van der Waals surface area (Å²) in [6.07, 6.45) is 3.21. The van der Waals surface area contributed by atoms with Crippen molar-refractivity contribution in [2.45, 2.75) is 32.8 Å². The Labute approximate surface area is 141 Å². The van der Waals surface area contributed by atoms with Gasteiger partial charge >= 0.3 is 0 Å². The van der Waals surface area contributed by atoms with E-state index in [1.54, 1.807) is 6.92 Å². The summed E-state index contributed by atoms with van der Waals surface area (Å²) in [7, 11) is 0. The molecule has 2 heterocycles. The van der Waals surface area contributed by atoms with Crippen LogP contribution in [0.15, 0.2) is 36.7 Å². The third-order valence-corrected chi connectivity index (χ3v) is 4.01. The molecule has 1 atom stereocenters. The molecule has 1 amide bonds. The molecule has 0 bridgehead atoms. The van der Waals surface area contributed by atoms with Gasteiger partial charge in [0.05, 0.1) is 0 Å². The molecular formula is C18H22N4O2. The van der Waals surface area contributed by atoms with Crippen LogP contribution in [0.2, 0.25) is 0 Å². The Bertz CT molecular complexity index is 714. The van der Waals surface area contributed by atoms with Gasteiger partial charge in [0.25, 0.3) is 5.91 Å². The van der Waals surface area contributed by atoms with Crippen LogP contribution in [-0.4, -0.2) is 35.1 Å². The van der Waals surface area contributed by atoms with E-state index in [0.29, 0.717) is 11.6 Å². The van der Waals surface area contributed by atoms with Gasteiger partial charge in [-0.15, -0.1) is 0 Å². The molecule has 1 N–H and O–H groups in total. The Morgan fingerprint density at radius 2 is 2.04 bits per heavy atom. The van der Waals surface area contributed by atoms with Crippen molar-refractivity contribution >= 4 is 17.5 Å². The topological polar surface area (TPSA) is 67.3 Å². The predicted octanol–water partition coefficient (Wildman–Crippen LogP) is 2.79. The van der Waals surface area contributed by atoms with Crippen LogP contribution < -0.4 is 15.0 Å². The van der Waals surface area contributed by atoms with Crippen molar-refractivity contribution in [1.82, 2.24) is 9.97 Å². The summed E-state index contributed by atoms with van der Waals surface area (Å²) >= 11 is 0. The second kappa shape index (κ2) is 7.29. The summed E-state index contributed by atoms with van der Waals surface area (Å²) in [6.45, 7) is 5.70. The summed E-state index contributed by atoms with van der Waals surface area (Å²) in [5.41, 5.74) is 1.09. The maximum Gasteiger partial charge on any atom is 0.266 e. The monoisotopic (exact) mass is 326 g/mol. The number of rotatable bonds is 5. The van der Waals surface area contributed by atoms with Crippen molar-refractivity contribution in [2.75, 3.05) is 23.3 Å². The molecule has 1 aromatic carbocycles. The van der Waals surface area contributed by atoms with Gasteiger partial charge < -0.3 is 15.0 Å². The van der Waals surface area contributed by atoms with Gasteiger partial charge in [0, 0.05) is 19.2 Å². The number of aryl methyl sites for hydroxylation is 1. The minimum Gasteiger partial charge on any atom is -0.481 e. The first-order valence-corrected chi connectivity index (χ1v) is 8.23. The first-order valence-electron chi connectivity index (χ1n) is 8.23. The van der Waals surface area contributed by atoms with E-state index in [0.717, 1.165) is 24.5 Å². The lowest BCUT2D eigenvalue weighted by Gasteiger charge is -2.17. The molecule has 0 radical (unpaired) electrons. The molecule has 1 fully saturated rings. The Morgan fingerprint density at radius 1 is 1.25 bits per heavy atom. The average Bonchev–Trinajstić information content (AvgIpc) is 3.09. The smallest absolute Gasteiger partial charge is 0.266 e. The van der Waals surface area contributed by atoms with E-state index in [4.69, 9.17) is 4.74 Å². The van der Waals surface area contributed by atoms with Gasteiger partial charge in [-0.05, 0) is 44.4 Å². The molecule has 1 aromatic heterocycles. The van der Waals surface area contributed by atoms with Crippen LogP contribution in [-0.2, 0) is 4.79 Å². The zero-order valence-corrected chi connectivity index (χ0v) is 14.0. The van der Waals surface area contributed by atoms with E-state index in [2.05, 4.69) is 20.2 Å². The highest BCUT2D eigenvalue weighted by Crippen LogP contribution is 2.20. The van der Waals surface area contributed by atoms with Crippen LogP contribution in [0.25, 0.3) is 0 Å². The highest BCUT2D eigenvalue weighted by molar-refractivity contribution is 5.93. The molecule has 126 valence electrons. The molecule has 0 unspecified atom stereocenters. The van der Waals surface area contributed by atoms with Crippen molar-refractivity contribution in [3.63, 3.8) is 0 Å². The predicted molar refractivity (Wildman–Crippen MR) is 93.4 cm³/mol. The van der Waals surface area contributed by atoms with Crippen LogP contribution in [0, 0.1) is 6.92 Å². The van der Waals surface area contributed by atoms with Crippen molar-refractivity contribution in [2.24, 2.45) is 0 Å². The van der Waals surface area contributed by atoms with Crippen LogP contribution in [0.4, 0.5) is 11.6 Å². The third kappa shape index (κ3) is 4.01. The van der Waals surface area contributed by atoms with E-state index < -0.39 is 6.10 Å².